The lowest BCUT2D eigenvalue weighted by molar-refractivity contribution is -0.138. The van der Waals surface area contributed by atoms with Crippen LogP contribution in [0.3, 0.4) is 0 Å². The highest BCUT2D eigenvalue weighted by molar-refractivity contribution is 7.90. The Morgan fingerprint density at radius 1 is 1.64 bits per heavy atom. The van der Waals surface area contributed by atoms with Crippen LogP contribution in [0.4, 0.5) is 0 Å². The predicted molar refractivity (Wildman–Crippen MR) is 48.8 cm³/mol. The molecule has 0 saturated carbocycles. The van der Waals surface area contributed by atoms with Crippen LogP contribution in [0, 0.1) is 11.3 Å². The fourth-order valence-electron chi connectivity index (χ4n) is 0.759. The molecule has 6 nitrogen and oxygen atoms in total. The predicted octanol–water partition coefficient (Wildman–Crippen LogP) is -0.319. The second-order valence-electron chi connectivity index (χ2n) is 2.75. The molecular formula is C7H12N2O4S. The number of carbonyl (C=O) groups is 1. The summed E-state index contributed by atoms with van der Waals surface area (Å²) in [5.74, 6) is -1.28. The van der Waals surface area contributed by atoms with Crippen LogP contribution >= 0.6 is 0 Å². The van der Waals surface area contributed by atoms with Gasteiger partial charge in [-0.2, -0.15) is 5.26 Å². The van der Waals surface area contributed by atoms with E-state index in [0.717, 1.165) is 0 Å². The molecule has 7 heteroatoms. The SMILES string of the molecule is CCC(C#N)S(=O)(=O)N[C@H](C)C(=O)O. The van der Waals surface area contributed by atoms with Gasteiger partial charge < -0.3 is 5.11 Å². The molecule has 0 radical (unpaired) electrons. The van der Waals surface area contributed by atoms with E-state index in [1.807, 2.05) is 4.72 Å². The molecule has 0 aliphatic carbocycles. The molecule has 0 spiro atoms. The van der Waals surface area contributed by atoms with Gasteiger partial charge in [0.15, 0.2) is 5.25 Å². The minimum Gasteiger partial charge on any atom is -0.480 e. The van der Waals surface area contributed by atoms with Gasteiger partial charge in [-0.3, -0.25) is 4.79 Å². The highest BCUT2D eigenvalue weighted by Gasteiger charge is 2.27. The van der Waals surface area contributed by atoms with Crippen LogP contribution in [-0.4, -0.2) is 30.8 Å². The maximum Gasteiger partial charge on any atom is 0.321 e. The largest absolute Gasteiger partial charge is 0.480 e. The van der Waals surface area contributed by atoms with Crippen LogP contribution in [0.5, 0.6) is 0 Å². The number of nitrogens with one attached hydrogen (secondary N) is 1. The van der Waals surface area contributed by atoms with Gasteiger partial charge in [-0.25, -0.2) is 13.1 Å². The van der Waals surface area contributed by atoms with Crippen molar-refractivity contribution in [2.75, 3.05) is 0 Å². The molecule has 2 N–H and O–H groups in total. The van der Waals surface area contributed by atoms with Crippen molar-refractivity contribution < 1.29 is 18.3 Å². The summed E-state index contributed by atoms with van der Waals surface area (Å²) < 4.78 is 24.5. The summed E-state index contributed by atoms with van der Waals surface area (Å²) in [4.78, 5) is 10.4. The van der Waals surface area contributed by atoms with Crippen molar-refractivity contribution in [1.29, 1.82) is 5.26 Å². The summed E-state index contributed by atoms with van der Waals surface area (Å²) in [6.45, 7) is 2.74. The molecule has 2 atom stereocenters. The smallest absolute Gasteiger partial charge is 0.321 e. The standard InChI is InChI=1S/C7H12N2O4S/c1-3-6(4-8)14(12,13)9-5(2)7(10)11/h5-6,9H,3H2,1-2H3,(H,10,11)/t5-,6?/m1/s1. The Labute approximate surface area is 82.6 Å². The van der Waals surface area contributed by atoms with Gasteiger partial charge in [-0.15, -0.1) is 0 Å². The Morgan fingerprint density at radius 2 is 2.14 bits per heavy atom. The zero-order valence-corrected chi connectivity index (χ0v) is 8.71. The number of nitrogens with zero attached hydrogens (tertiary/aromatic N) is 1. The van der Waals surface area contributed by atoms with Crippen LogP contribution in [0.2, 0.25) is 0 Å². The molecule has 0 aliphatic heterocycles. The molecular weight excluding hydrogens is 208 g/mol. The highest BCUT2D eigenvalue weighted by Crippen LogP contribution is 2.03. The maximum absolute atomic E-state index is 11.3. The number of sulfonamides is 1. The molecule has 0 aromatic rings. The van der Waals surface area contributed by atoms with Crippen molar-refractivity contribution in [2.45, 2.75) is 31.6 Å². The summed E-state index contributed by atoms with van der Waals surface area (Å²) in [7, 11) is -3.86. The van der Waals surface area contributed by atoms with Gasteiger partial charge in [0.2, 0.25) is 10.0 Å². The Balaban J connectivity index is 4.67. The molecule has 14 heavy (non-hydrogen) atoms. The maximum atomic E-state index is 11.3. The van der Waals surface area contributed by atoms with E-state index in [9.17, 15) is 13.2 Å². The van der Waals surface area contributed by atoms with Gasteiger partial charge >= 0.3 is 5.97 Å². The van der Waals surface area contributed by atoms with Gasteiger partial charge in [0.1, 0.15) is 6.04 Å². The third kappa shape index (κ3) is 3.32. The number of aliphatic carboxylic acids is 1. The first-order chi connectivity index (χ1) is 6.35. The van der Waals surface area contributed by atoms with Crippen molar-refractivity contribution in [2.24, 2.45) is 0 Å². The van der Waals surface area contributed by atoms with Gasteiger partial charge in [0.25, 0.3) is 0 Å². The number of hydrogen-bond donors (Lipinski definition) is 2. The van der Waals surface area contributed by atoms with Crippen LogP contribution in [0.25, 0.3) is 0 Å². The second kappa shape index (κ2) is 4.93. The van der Waals surface area contributed by atoms with E-state index in [-0.39, 0.29) is 6.42 Å². The van der Waals surface area contributed by atoms with Crippen molar-refractivity contribution >= 4 is 16.0 Å². The molecule has 0 aliphatic rings. The van der Waals surface area contributed by atoms with E-state index in [2.05, 4.69) is 0 Å². The fraction of sp³-hybridized carbons (Fsp3) is 0.714. The minimum atomic E-state index is -3.86. The fourth-order valence-corrected chi connectivity index (χ4v) is 2.09. The molecule has 0 aromatic heterocycles. The highest BCUT2D eigenvalue weighted by atomic mass is 32.2. The third-order valence-corrected chi connectivity index (χ3v) is 3.47. The molecule has 0 saturated heterocycles. The number of rotatable bonds is 5. The zero-order chi connectivity index (χ0) is 11.4. The monoisotopic (exact) mass is 220 g/mol. The lowest BCUT2D eigenvalue weighted by Gasteiger charge is -2.12. The van der Waals surface area contributed by atoms with Crippen LogP contribution in [0.1, 0.15) is 20.3 Å². The molecule has 0 heterocycles. The zero-order valence-electron chi connectivity index (χ0n) is 7.89. The third-order valence-electron chi connectivity index (χ3n) is 1.60. The molecule has 0 aromatic carbocycles. The van der Waals surface area contributed by atoms with Gasteiger partial charge in [0.05, 0.1) is 6.07 Å². The topological polar surface area (TPSA) is 107 Å². The first kappa shape index (κ1) is 12.9. The van der Waals surface area contributed by atoms with Gasteiger partial charge in [-0.1, -0.05) is 6.92 Å². The van der Waals surface area contributed by atoms with Crippen molar-refractivity contribution in [3.05, 3.63) is 0 Å². The summed E-state index contributed by atoms with van der Waals surface area (Å²) >= 11 is 0. The lowest BCUT2D eigenvalue weighted by atomic mass is 10.4. The van der Waals surface area contributed by atoms with Gasteiger partial charge in [-0.05, 0) is 13.3 Å². The van der Waals surface area contributed by atoms with Crippen LogP contribution in [-0.2, 0) is 14.8 Å². The molecule has 0 bridgehead atoms. The van der Waals surface area contributed by atoms with E-state index in [1.165, 1.54) is 6.92 Å². The number of carboxylic acid groups (broad SMARTS) is 1. The van der Waals surface area contributed by atoms with Crippen molar-refractivity contribution in [1.82, 2.24) is 4.72 Å². The molecule has 80 valence electrons. The summed E-state index contributed by atoms with van der Waals surface area (Å²) in [5, 5.41) is 15.8. The van der Waals surface area contributed by atoms with E-state index < -0.39 is 27.3 Å². The van der Waals surface area contributed by atoms with E-state index in [4.69, 9.17) is 10.4 Å². The Morgan fingerprint density at radius 3 is 2.43 bits per heavy atom. The average Bonchev–Trinajstić information content (AvgIpc) is 2.04. The van der Waals surface area contributed by atoms with Gasteiger partial charge in [0, 0.05) is 0 Å². The number of carboxylic acids is 1. The summed E-state index contributed by atoms with van der Waals surface area (Å²) in [6.07, 6.45) is 0.123. The number of nitriles is 1. The molecule has 1 unspecified atom stereocenters. The first-order valence-electron chi connectivity index (χ1n) is 3.98. The summed E-state index contributed by atoms with van der Waals surface area (Å²) in [5.41, 5.74) is 0. The van der Waals surface area contributed by atoms with Crippen LogP contribution in [0.15, 0.2) is 0 Å². The first-order valence-corrected chi connectivity index (χ1v) is 5.53. The normalized spacial score (nSPS) is 15.5. The van der Waals surface area contributed by atoms with E-state index in [1.54, 1.807) is 13.0 Å². The molecule has 0 rings (SSSR count). The van der Waals surface area contributed by atoms with Crippen molar-refractivity contribution in [3.8, 4) is 6.07 Å². The minimum absolute atomic E-state index is 0.123. The lowest BCUT2D eigenvalue weighted by Crippen LogP contribution is -2.42. The molecule has 0 fully saturated rings. The summed E-state index contributed by atoms with van der Waals surface area (Å²) in [6, 6.07) is 0.373. The van der Waals surface area contributed by atoms with Crippen LogP contribution < -0.4 is 4.72 Å². The second-order valence-corrected chi connectivity index (χ2v) is 4.64. The van der Waals surface area contributed by atoms with E-state index >= 15 is 0 Å². The van der Waals surface area contributed by atoms with Crippen molar-refractivity contribution in [3.63, 3.8) is 0 Å². The molecule has 0 amide bonds. The Kier molecular flexibility index (Phi) is 4.53. The Bertz CT molecular complexity index is 343. The Hall–Kier alpha value is -1.13. The van der Waals surface area contributed by atoms with E-state index in [0.29, 0.717) is 0 Å². The number of hydrogen-bond acceptors (Lipinski definition) is 4. The quantitative estimate of drug-likeness (QED) is 0.660. The average molecular weight is 220 g/mol.